The molecule has 1 aliphatic rings. The first-order valence-electron chi connectivity index (χ1n) is 5.24. The van der Waals surface area contributed by atoms with E-state index in [1.807, 2.05) is 0 Å². The number of ether oxygens (including phenoxy) is 1. The number of likely N-dealkylation sites (tertiary alicyclic amines) is 1. The average Bonchev–Trinajstić information content (AvgIpc) is 2.15. The predicted molar refractivity (Wildman–Crippen MR) is 55.0 cm³/mol. The number of hydrogen-bond acceptors (Lipinski definition) is 3. The topological polar surface area (TPSA) is 24.5 Å². The molecule has 1 saturated heterocycles. The maximum atomic E-state index is 4.98. The van der Waals surface area contributed by atoms with Gasteiger partial charge in [0.1, 0.15) is 0 Å². The monoisotopic (exact) mass is 186 g/mol. The Morgan fingerprint density at radius 3 is 3.00 bits per heavy atom. The van der Waals surface area contributed by atoms with E-state index in [0.29, 0.717) is 0 Å². The summed E-state index contributed by atoms with van der Waals surface area (Å²) in [6, 6.07) is 0.741. The Bertz CT molecular complexity index is 130. The molecule has 1 aliphatic heterocycles. The zero-order chi connectivity index (χ0) is 9.52. The number of likely N-dealkylation sites (N-methyl/N-ethyl adjacent to an activating group) is 1. The lowest BCUT2D eigenvalue weighted by atomic mass is 10.0. The van der Waals surface area contributed by atoms with Gasteiger partial charge in [0.2, 0.25) is 0 Å². The highest BCUT2D eigenvalue weighted by molar-refractivity contribution is 4.75. The molecule has 0 aromatic carbocycles. The molecular weight excluding hydrogens is 164 g/mol. The van der Waals surface area contributed by atoms with Crippen molar-refractivity contribution in [2.75, 3.05) is 40.4 Å². The Hall–Kier alpha value is -0.120. The summed E-state index contributed by atoms with van der Waals surface area (Å²) in [6.45, 7) is 4.16. The fourth-order valence-electron chi connectivity index (χ4n) is 1.84. The van der Waals surface area contributed by atoms with Crippen molar-refractivity contribution in [2.45, 2.75) is 25.3 Å². The Balaban J connectivity index is 2.05. The summed E-state index contributed by atoms with van der Waals surface area (Å²) < 4.78 is 4.98. The van der Waals surface area contributed by atoms with Gasteiger partial charge in [-0.3, -0.25) is 0 Å². The third kappa shape index (κ3) is 4.07. The van der Waals surface area contributed by atoms with Crippen LogP contribution in [-0.4, -0.2) is 51.3 Å². The fraction of sp³-hybridized carbons (Fsp3) is 1.00. The first-order chi connectivity index (χ1) is 6.34. The van der Waals surface area contributed by atoms with Gasteiger partial charge in [0.25, 0.3) is 0 Å². The van der Waals surface area contributed by atoms with Crippen molar-refractivity contribution in [3.63, 3.8) is 0 Å². The molecule has 0 bridgehead atoms. The molecule has 1 heterocycles. The lowest BCUT2D eigenvalue weighted by Crippen LogP contribution is -2.43. The molecule has 13 heavy (non-hydrogen) atoms. The van der Waals surface area contributed by atoms with Crippen LogP contribution in [0.2, 0.25) is 0 Å². The van der Waals surface area contributed by atoms with Gasteiger partial charge in [0.05, 0.1) is 6.61 Å². The standard InChI is InChI=1S/C10H22N2O/c1-12-7-4-3-5-10(12)9-11-6-8-13-2/h10-11H,3-9H2,1-2H3. The third-order valence-corrected chi connectivity index (χ3v) is 2.78. The van der Waals surface area contributed by atoms with Crippen LogP contribution in [0.1, 0.15) is 19.3 Å². The summed E-state index contributed by atoms with van der Waals surface area (Å²) in [7, 11) is 3.97. The quantitative estimate of drug-likeness (QED) is 0.640. The molecule has 1 unspecified atom stereocenters. The van der Waals surface area contributed by atoms with E-state index in [9.17, 15) is 0 Å². The smallest absolute Gasteiger partial charge is 0.0587 e. The van der Waals surface area contributed by atoms with Crippen molar-refractivity contribution in [3.8, 4) is 0 Å². The van der Waals surface area contributed by atoms with E-state index >= 15 is 0 Å². The minimum absolute atomic E-state index is 0.741. The maximum absolute atomic E-state index is 4.98. The van der Waals surface area contributed by atoms with Gasteiger partial charge in [-0.05, 0) is 26.4 Å². The van der Waals surface area contributed by atoms with Crippen LogP contribution < -0.4 is 5.32 Å². The molecule has 0 aromatic rings. The van der Waals surface area contributed by atoms with Crippen molar-refractivity contribution in [1.29, 1.82) is 0 Å². The minimum atomic E-state index is 0.741. The summed E-state index contributed by atoms with van der Waals surface area (Å²) in [5.41, 5.74) is 0. The first-order valence-corrected chi connectivity index (χ1v) is 5.24. The van der Waals surface area contributed by atoms with Gasteiger partial charge in [-0.2, -0.15) is 0 Å². The molecule has 0 amide bonds. The van der Waals surface area contributed by atoms with Gasteiger partial charge in [0, 0.05) is 26.2 Å². The van der Waals surface area contributed by atoms with Crippen LogP contribution in [-0.2, 0) is 4.74 Å². The van der Waals surface area contributed by atoms with Crippen LogP contribution in [0, 0.1) is 0 Å². The van der Waals surface area contributed by atoms with Crippen LogP contribution >= 0.6 is 0 Å². The molecule has 0 aromatic heterocycles. The molecule has 1 fully saturated rings. The predicted octanol–water partition coefficient (Wildman–Crippen LogP) is 0.707. The normalized spacial score (nSPS) is 24.9. The second-order valence-electron chi connectivity index (χ2n) is 3.83. The van der Waals surface area contributed by atoms with Crippen molar-refractivity contribution < 1.29 is 4.74 Å². The Morgan fingerprint density at radius 2 is 2.31 bits per heavy atom. The molecule has 0 saturated carbocycles. The van der Waals surface area contributed by atoms with Gasteiger partial charge in [-0.15, -0.1) is 0 Å². The number of methoxy groups -OCH3 is 1. The molecule has 78 valence electrons. The van der Waals surface area contributed by atoms with Crippen LogP contribution in [0.5, 0.6) is 0 Å². The van der Waals surface area contributed by atoms with E-state index in [1.165, 1.54) is 25.8 Å². The number of hydrogen-bond donors (Lipinski definition) is 1. The van der Waals surface area contributed by atoms with E-state index in [2.05, 4.69) is 17.3 Å². The number of piperidine rings is 1. The van der Waals surface area contributed by atoms with Gasteiger partial charge in [-0.1, -0.05) is 6.42 Å². The molecule has 1 atom stereocenters. The van der Waals surface area contributed by atoms with Crippen LogP contribution in [0.4, 0.5) is 0 Å². The largest absolute Gasteiger partial charge is 0.383 e. The summed E-state index contributed by atoms with van der Waals surface area (Å²) >= 11 is 0. The van der Waals surface area contributed by atoms with Crippen molar-refractivity contribution >= 4 is 0 Å². The van der Waals surface area contributed by atoms with Gasteiger partial charge >= 0.3 is 0 Å². The van der Waals surface area contributed by atoms with Gasteiger partial charge in [0.15, 0.2) is 0 Å². The van der Waals surface area contributed by atoms with Gasteiger partial charge < -0.3 is 15.0 Å². The third-order valence-electron chi connectivity index (χ3n) is 2.78. The molecular formula is C10H22N2O. The van der Waals surface area contributed by atoms with Crippen molar-refractivity contribution in [1.82, 2.24) is 10.2 Å². The SMILES string of the molecule is COCCNCC1CCCCN1C. The average molecular weight is 186 g/mol. The van der Waals surface area contributed by atoms with E-state index in [1.54, 1.807) is 7.11 Å². The highest BCUT2D eigenvalue weighted by atomic mass is 16.5. The highest BCUT2D eigenvalue weighted by Gasteiger charge is 2.17. The maximum Gasteiger partial charge on any atom is 0.0587 e. The lowest BCUT2D eigenvalue weighted by Gasteiger charge is -2.32. The van der Waals surface area contributed by atoms with Crippen LogP contribution in [0.15, 0.2) is 0 Å². The molecule has 3 heteroatoms. The van der Waals surface area contributed by atoms with Crippen molar-refractivity contribution in [2.24, 2.45) is 0 Å². The fourth-order valence-corrected chi connectivity index (χ4v) is 1.84. The van der Waals surface area contributed by atoms with Crippen molar-refractivity contribution in [3.05, 3.63) is 0 Å². The Morgan fingerprint density at radius 1 is 1.46 bits per heavy atom. The summed E-state index contributed by atoms with van der Waals surface area (Å²) in [4.78, 5) is 2.46. The van der Waals surface area contributed by atoms with E-state index < -0.39 is 0 Å². The highest BCUT2D eigenvalue weighted by Crippen LogP contribution is 2.13. The first kappa shape index (κ1) is 11.0. The Kier molecular flexibility index (Phi) is 5.35. The zero-order valence-corrected chi connectivity index (χ0v) is 8.88. The minimum Gasteiger partial charge on any atom is -0.383 e. The molecule has 0 aliphatic carbocycles. The number of rotatable bonds is 5. The zero-order valence-electron chi connectivity index (χ0n) is 8.88. The summed E-state index contributed by atoms with van der Waals surface area (Å²) in [5.74, 6) is 0. The summed E-state index contributed by atoms with van der Waals surface area (Å²) in [5, 5.41) is 3.42. The lowest BCUT2D eigenvalue weighted by molar-refractivity contribution is 0.168. The second-order valence-corrected chi connectivity index (χ2v) is 3.83. The van der Waals surface area contributed by atoms with E-state index in [-0.39, 0.29) is 0 Å². The summed E-state index contributed by atoms with van der Waals surface area (Å²) in [6.07, 6.45) is 4.10. The number of nitrogens with one attached hydrogen (secondary N) is 1. The Labute approximate surface area is 81.4 Å². The molecule has 1 rings (SSSR count). The molecule has 0 radical (unpaired) electrons. The van der Waals surface area contributed by atoms with E-state index in [0.717, 1.165) is 25.7 Å². The van der Waals surface area contributed by atoms with Crippen LogP contribution in [0.25, 0.3) is 0 Å². The molecule has 3 nitrogen and oxygen atoms in total. The molecule has 0 spiro atoms. The van der Waals surface area contributed by atoms with Crippen LogP contribution in [0.3, 0.4) is 0 Å². The molecule has 1 N–H and O–H groups in total. The van der Waals surface area contributed by atoms with E-state index in [4.69, 9.17) is 4.74 Å². The second kappa shape index (κ2) is 6.35. The van der Waals surface area contributed by atoms with Gasteiger partial charge in [-0.25, -0.2) is 0 Å². The number of nitrogens with zero attached hydrogens (tertiary/aromatic N) is 1.